The first-order chi connectivity index (χ1) is 15.4. The van der Waals surface area contributed by atoms with E-state index in [-0.39, 0.29) is 37.3 Å². The van der Waals surface area contributed by atoms with Crippen molar-refractivity contribution in [3.63, 3.8) is 0 Å². The van der Waals surface area contributed by atoms with Gasteiger partial charge in [0.25, 0.3) is 0 Å². The van der Waals surface area contributed by atoms with E-state index in [2.05, 4.69) is 29.6 Å². The lowest BCUT2D eigenvalue weighted by Gasteiger charge is -2.24. The molecule has 0 saturated carbocycles. The predicted molar refractivity (Wildman–Crippen MR) is 121 cm³/mol. The van der Waals surface area contributed by atoms with Gasteiger partial charge in [-0.3, -0.25) is 9.59 Å². The molecule has 2 amide bonds. The standard InChI is InChI=1S/C25H30N2O5/c1-3-27(15-13-23(28)29)24(30)17(2)12-14-26-25(31)32-16-22-20-10-6-4-8-18(20)19-9-5-7-11-21(19)22/h4-11,17,22H,3,12-16H2,1-2H3,(H,26,31)(H,28,29). The van der Waals surface area contributed by atoms with Crippen LogP contribution < -0.4 is 5.32 Å². The number of rotatable bonds is 10. The van der Waals surface area contributed by atoms with Crippen LogP contribution in [0.3, 0.4) is 0 Å². The summed E-state index contributed by atoms with van der Waals surface area (Å²) < 4.78 is 5.50. The first kappa shape index (κ1) is 23.3. The van der Waals surface area contributed by atoms with E-state index in [0.29, 0.717) is 19.5 Å². The summed E-state index contributed by atoms with van der Waals surface area (Å²) in [5.41, 5.74) is 4.66. The molecule has 0 bridgehead atoms. The van der Waals surface area contributed by atoms with Crippen molar-refractivity contribution in [3.8, 4) is 11.1 Å². The zero-order valence-corrected chi connectivity index (χ0v) is 18.5. The number of hydrogen-bond donors (Lipinski definition) is 2. The number of alkyl carbamates (subject to hydrolysis) is 1. The number of ether oxygens (including phenoxy) is 1. The largest absolute Gasteiger partial charge is 0.481 e. The Kier molecular flexibility index (Phi) is 7.87. The van der Waals surface area contributed by atoms with E-state index in [1.807, 2.05) is 31.2 Å². The van der Waals surface area contributed by atoms with E-state index < -0.39 is 12.1 Å². The first-order valence-corrected chi connectivity index (χ1v) is 11.0. The Balaban J connectivity index is 1.47. The number of carboxylic acids is 1. The average molecular weight is 439 g/mol. The number of carbonyl (C=O) groups excluding carboxylic acids is 2. The molecule has 1 atom stereocenters. The number of fused-ring (bicyclic) bond motifs is 3. The van der Waals surface area contributed by atoms with Gasteiger partial charge in [-0.2, -0.15) is 0 Å². The molecular formula is C25H30N2O5. The van der Waals surface area contributed by atoms with Crippen LogP contribution in [0.2, 0.25) is 0 Å². The summed E-state index contributed by atoms with van der Waals surface area (Å²) in [7, 11) is 0. The van der Waals surface area contributed by atoms with Crippen molar-refractivity contribution in [2.45, 2.75) is 32.6 Å². The topological polar surface area (TPSA) is 95.9 Å². The highest BCUT2D eigenvalue weighted by Gasteiger charge is 2.29. The maximum atomic E-state index is 12.5. The molecule has 1 aliphatic carbocycles. The molecule has 0 heterocycles. The van der Waals surface area contributed by atoms with Gasteiger partial charge in [0.15, 0.2) is 0 Å². The molecule has 7 nitrogen and oxygen atoms in total. The molecule has 7 heteroatoms. The zero-order chi connectivity index (χ0) is 23.1. The number of aliphatic carboxylic acids is 1. The van der Waals surface area contributed by atoms with E-state index in [4.69, 9.17) is 9.84 Å². The van der Waals surface area contributed by atoms with Crippen LogP contribution in [0.1, 0.15) is 43.7 Å². The molecule has 0 saturated heterocycles. The maximum Gasteiger partial charge on any atom is 0.407 e. The van der Waals surface area contributed by atoms with Crippen LogP contribution in [0.4, 0.5) is 4.79 Å². The van der Waals surface area contributed by atoms with Gasteiger partial charge in [0.2, 0.25) is 5.91 Å². The van der Waals surface area contributed by atoms with Crippen LogP contribution in [-0.4, -0.2) is 54.2 Å². The molecular weight excluding hydrogens is 408 g/mol. The Bertz CT molecular complexity index is 929. The average Bonchev–Trinajstić information content (AvgIpc) is 3.11. The summed E-state index contributed by atoms with van der Waals surface area (Å²) in [6.07, 6.45) is -0.138. The van der Waals surface area contributed by atoms with Crippen molar-refractivity contribution in [1.82, 2.24) is 10.2 Å². The highest BCUT2D eigenvalue weighted by Crippen LogP contribution is 2.44. The van der Waals surface area contributed by atoms with Crippen LogP contribution in [-0.2, 0) is 14.3 Å². The lowest BCUT2D eigenvalue weighted by atomic mass is 9.98. The number of hydrogen-bond acceptors (Lipinski definition) is 4. The van der Waals surface area contributed by atoms with Crippen molar-refractivity contribution in [2.24, 2.45) is 5.92 Å². The summed E-state index contributed by atoms with van der Waals surface area (Å²) in [4.78, 5) is 37.0. The summed E-state index contributed by atoms with van der Waals surface area (Å²) in [5.74, 6) is -1.36. The molecule has 2 aromatic carbocycles. The lowest BCUT2D eigenvalue weighted by molar-refractivity contribution is -0.139. The lowest BCUT2D eigenvalue weighted by Crippen LogP contribution is -2.38. The number of nitrogens with one attached hydrogen (secondary N) is 1. The molecule has 3 rings (SSSR count). The normalized spacial score (nSPS) is 13.1. The highest BCUT2D eigenvalue weighted by atomic mass is 16.5. The van der Waals surface area contributed by atoms with E-state index in [1.54, 1.807) is 6.92 Å². The molecule has 0 spiro atoms. The molecule has 32 heavy (non-hydrogen) atoms. The quantitative estimate of drug-likeness (QED) is 0.587. The maximum absolute atomic E-state index is 12.5. The van der Waals surface area contributed by atoms with E-state index in [1.165, 1.54) is 16.0 Å². The van der Waals surface area contributed by atoms with Gasteiger partial charge in [-0.15, -0.1) is 0 Å². The summed E-state index contributed by atoms with van der Waals surface area (Å²) in [6.45, 7) is 4.80. The van der Waals surface area contributed by atoms with Crippen molar-refractivity contribution in [3.05, 3.63) is 59.7 Å². The SMILES string of the molecule is CCN(CCC(=O)O)C(=O)C(C)CCNC(=O)OCC1c2ccccc2-c2ccccc21. The van der Waals surface area contributed by atoms with Crippen LogP contribution in [0, 0.1) is 5.92 Å². The third-order valence-corrected chi connectivity index (χ3v) is 5.90. The number of carboxylic acid groups (broad SMARTS) is 1. The summed E-state index contributed by atoms with van der Waals surface area (Å²) in [6, 6.07) is 16.3. The number of nitrogens with zero attached hydrogens (tertiary/aromatic N) is 1. The molecule has 1 unspecified atom stereocenters. The van der Waals surface area contributed by atoms with Crippen LogP contribution in [0.15, 0.2) is 48.5 Å². The molecule has 2 aromatic rings. The minimum absolute atomic E-state index is 0.000925. The smallest absolute Gasteiger partial charge is 0.407 e. The molecule has 2 N–H and O–H groups in total. The third kappa shape index (κ3) is 5.46. The fourth-order valence-electron chi connectivity index (χ4n) is 4.13. The van der Waals surface area contributed by atoms with E-state index in [9.17, 15) is 14.4 Å². The Morgan fingerprint density at radius 2 is 1.66 bits per heavy atom. The Morgan fingerprint density at radius 3 is 2.22 bits per heavy atom. The first-order valence-electron chi connectivity index (χ1n) is 11.0. The molecule has 0 fully saturated rings. The Labute approximate surface area is 188 Å². The molecule has 170 valence electrons. The number of amides is 2. The van der Waals surface area contributed by atoms with Gasteiger partial charge in [-0.05, 0) is 35.6 Å². The number of carbonyl (C=O) groups is 3. The van der Waals surface area contributed by atoms with Crippen molar-refractivity contribution >= 4 is 18.0 Å². The van der Waals surface area contributed by atoms with E-state index >= 15 is 0 Å². The second-order valence-electron chi connectivity index (χ2n) is 8.00. The van der Waals surface area contributed by atoms with Crippen LogP contribution in [0.5, 0.6) is 0 Å². The van der Waals surface area contributed by atoms with Crippen molar-refractivity contribution in [2.75, 3.05) is 26.2 Å². The fraction of sp³-hybridized carbons (Fsp3) is 0.400. The van der Waals surface area contributed by atoms with Crippen LogP contribution in [0.25, 0.3) is 11.1 Å². The molecule has 1 aliphatic rings. The number of benzene rings is 2. The zero-order valence-electron chi connectivity index (χ0n) is 18.5. The Hall–Kier alpha value is -3.35. The highest BCUT2D eigenvalue weighted by molar-refractivity contribution is 5.80. The van der Waals surface area contributed by atoms with Gasteiger partial charge in [-0.1, -0.05) is 55.5 Å². The monoisotopic (exact) mass is 438 g/mol. The second-order valence-corrected chi connectivity index (χ2v) is 8.00. The van der Waals surface area contributed by atoms with Gasteiger partial charge in [0, 0.05) is 31.5 Å². The fourth-order valence-corrected chi connectivity index (χ4v) is 4.13. The van der Waals surface area contributed by atoms with Gasteiger partial charge < -0.3 is 20.1 Å². The van der Waals surface area contributed by atoms with Gasteiger partial charge >= 0.3 is 12.1 Å². The van der Waals surface area contributed by atoms with Gasteiger partial charge in [-0.25, -0.2) is 4.79 Å². The minimum atomic E-state index is -0.930. The van der Waals surface area contributed by atoms with Crippen LogP contribution >= 0.6 is 0 Å². The summed E-state index contributed by atoms with van der Waals surface area (Å²) in [5, 5.41) is 11.5. The summed E-state index contributed by atoms with van der Waals surface area (Å²) >= 11 is 0. The minimum Gasteiger partial charge on any atom is -0.481 e. The van der Waals surface area contributed by atoms with E-state index in [0.717, 1.165) is 11.1 Å². The third-order valence-electron chi connectivity index (χ3n) is 5.90. The van der Waals surface area contributed by atoms with Crippen molar-refractivity contribution < 1.29 is 24.2 Å². The molecule has 0 aliphatic heterocycles. The van der Waals surface area contributed by atoms with Gasteiger partial charge in [0.05, 0.1) is 6.42 Å². The molecule has 0 radical (unpaired) electrons. The predicted octanol–water partition coefficient (Wildman–Crippen LogP) is 3.87. The van der Waals surface area contributed by atoms with Gasteiger partial charge in [0.1, 0.15) is 6.61 Å². The second kappa shape index (κ2) is 10.8. The Morgan fingerprint density at radius 1 is 1.06 bits per heavy atom. The molecule has 0 aromatic heterocycles. The van der Waals surface area contributed by atoms with Crippen molar-refractivity contribution in [1.29, 1.82) is 0 Å².